The van der Waals surface area contributed by atoms with Gasteiger partial charge in [0.15, 0.2) is 0 Å². The van der Waals surface area contributed by atoms with Crippen molar-refractivity contribution in [1.82, 2.24) is 0 Å². The molecule has 0 aliphatic heterocycles. The van der Waals surface area contributed by atoms with Crippen molar-refractivity contribution in [2.75, 3.05) is 6.61 Å². The summed E-state index contributed by atoms with van der Waals surface area (Å²) in [7, 11) is 0. The Labute approximate surface area is 158 Å². The normalized spacial score (nSPS) is 24.5. The number of hydrogen-bond donors (Lipinski definition) is 2. The zero-order chi connectivity index (χ0) is 18.8. The molecule has 0 amide bonds. The summed E-state index contributed by atoms with van der Waals surface area (Å²) in [5, 5.41) is 18.6. The molecule has 3 atom stereocenters. The molecule has 2 aliphatic carbocycles. The molecule has 26 heavy (non-hydrogen) atoms. The number of carboxylic acids is 1. The monoisotopic (exact) mass is 364 g/mol. The van der Waals surface area contributed by atoms with Crippen molar-refractivity contribution in [2.24, 2.45) is 11.8 Å². The number of ether oxygens (including phenoxy) is 1. The summed E-state index contributed by atoms with van der Waals surface area (Å²) in [5.74, 6) is 1.56. The third kappa shape index (κ3) is 7.53. The van der Waals surface area contributed by atoms with Gasteiger partial charge in [0.25, 0.3) is 0 Å². The fraction of sp³-hybridized carbons (Fsp3) is 0.773. The Morgan fingerprint density at radius 3 is 2.69 bits per heavy atom. The first kappa shape index (κ1) is 21.0. The highest BCUT2D eigenvalue weighted by Gasteiger charge is 2.23. The molecule has 4 heteroatoms. The van der Waals surface area contributed by atoms with Gasteiger partial charge >= 0.3 is 5.97 Å². The van der Waals surface area contributed by atoms with Gasteiger partial charge in [-0.15, -0.1) is 0 Å². The molecule has 2 N–H and O–H groups in total. The van der Waals surface area contributed by atoms with Crippen molar-refractivity contribution >= 4 is 5.97 Å². The number of unbranched alkanes of at least 4 members (excludes halogenated alkanes) is 3. The zero-order valence-corrected chi connectivity index (χ0v) is 16.3. The molecule has 2 aliphatic rings. The van der Waals surface area contributed by atoms with Crippen molar-refractivity contribution < 1.29 is 19.7 Å². The first-order valence-corrected chi connectivity index (χ1v) is 10.5. The van der Waals surface area contributed by atoms with Crippen LogP contribution in [-0.4, -0.2) is 28.9 Å². The summed E-state index contributed by atoms with van der Waals surface area (Å²) in [4.78, 5) is 10.7. The summed E-state index contributed by atoms with van der Waals surface area (Å²) in [6, 6.07) is 0. The maximum atomic E-state index is 10.7. The quantitative estimate of drug-likeness (QED) is 0.493. The van der Waals surface area contributed by atoms with Gasteiger partial charge in [-0.05, 0) is 42.7 Å². The van der Waals surface area contributed by atoms with Crippen LogP contribution in [0.5, 0.6) is 0 Å². The van der Waals surface area contributed by atoms with Gasteiger partial charge < -0.3 is 14.9 Å². The molecule has 0 aromatic carbocycles. The highest BCUT2D eigenvalue weighted by molar-refractivity contribution is 5.68. The van der Waals surface area contributed by atoms with Crippen molar-refractivity contribution in [3.8, 4) is 0 Å². The van der Waals surface area contributed by atoms with Crippen LogP contribution in [0.15, 0.2) is 23.5 Å². The van der Waals surface area contributed by atoms with Crippen LogP contribution in [0.1, 0.15) is 84.0 Å². The van der Waals surface area contributed by atoms with Crippen LogP contribution in [0.2, 0.25) is 0 Å². The third-order valence-electron chi connectivity index (χ3n) is 5.80. The van der Waals surface area contributed by atoms with Gasteiger partial charge in [-0.3, -0.25) is 4.79 Å². The Bertz CT molecular complexity index is 494. The first-order chi connectivity index (χ1) is 12.6. The third-order valence-corrected chi connectivity index (χ3v) is 5.80. The molecule has 148 valence electrons. The lowest BCUT2D eigenvalue weighted by Crippen LogP contribution is -2.20. The Balaban J connectivity index is 1.70. The predicted octanol–water partition coefficient (Wildman–Crippen LogP) is 5.22. The van der Waals surface area contributed by atoms with Gasteiger partial charge in [-0.1, -0.05) is 57.9 Å². The highest BCUT2D eigenvalue weighted by atomic mass is 16.5. The van der Waals surface area contributed by atoms with Crippen molar-refractivity contribution in [3.05, 3.63) is 23.5 Å². The lowest BCUT2D eigenvalue weighted by atomic mass is 9.79. The van der Waals surface area contributed by atoms with Gasteiger partial charge in [-0.2, -0.15) is 0 Å². The predicted molar refractivity (Wildman–Crippen MR) is 104 cm³/mol. The molecule has 3 unspecified atom stereocenters. The van der Waals surface area contributed by atoms with Gasteiger partial charge in [0.05, 0.1) is 24.9 Å². The number of aliphatic carboxylic acids is 1. The Morgan fingerprint density at radius 2 is 2.00 bits per heavy atom. The summed E-state index contributed by atoms with van der Waals surface area (Å²) < 4.78 is 6.04. The minimum absolute atomic E-state index is 0.225. The van der Waals surface area contributed by atoms with Crippen molar-refractivity contribution in [2.45, 2.75) is 90.1 Å². The van der Waals surface area contributed by atoms with E-state index in [1.54, 1.807) is 0 Å². The second-order valence-corrected chi connectivity index (χ2v) is 8.05. The smallest absolute Gasteiger partial charge is 0.306 e. The molecule has 1 fully saturated rings. The minimum atomic E-state index is -0.967. The molecule has 0 saturated heterocycles. The van der Waals surface area contributed by atoms with Gasteiger partial charge in [0.1, 0.15) is 0 Å². The summed E-state index contributed by atoms with van der Waals surface area (Å²) in [5.41, 5.74) is 0.796. The fourth-order valence-corrected chi connectivity index (χ4v) is 4.23. The van der Waals surface area contributed by atoms with E-state index in [4.69, 9.17) is 9.84 Å². The standard InChI is InChI=1S/C22H36O4/c1-2-3-4-5-7-17-8-6-9-18(14-17)16-26-20-12-10-19(11-13-20)21(23)15-22(24)25/h10,12,17-18,21,23H,2-9,11,13-16H2,1H3,(H,24,25). The number of aliphatic hydroxyl groups excluding tert-OH is 1. The molecule has 2 rings (SSSR count). The van der Waals surface area contributed by atoms with E-state index in [-0.39, 0.29) is 6.42 Å². The Morgan fingerprint density at radius 1 is 1.19 bits per heavy atom. The zero-order valence-electron chi connectivity index (χ0n) is 16.3. The number of carboxylic acid groups (broad SMARTS) is 1. The van der Waals surface area contributed by atoms with Crippen molar-refractivity contribution in [1.29, 1.82) is 0 Å². The molecule has 0 aromatic rings. The Kier molecular flexibility index (Phi) is 9.24. The van der Waals surface area contributed by atoms with Crippen LogP contribution in [0.25, 0.3) is 0 Å². The molecule has 0 spiro atoms. The minimum Gasteiger partial charge on any atom is -0.498 e. The van der Waals surface area contributed by atoms with E-state index < -0.39 is 12.1 Å². The number of rotatable bonds is 11. The van der Waals surface area contributed by atoms with E-state index in [2.05, 4.69) is 6.92 Å². The van der Waals surface area contributed by atoms with Crippen LogP contribution in [-0.2, 0) is 9.53 Å². The van der Waals surface area contributed by atoms with E-state index in [1.807, 2.05) is 12.2 Å². The van der Waals surface area contributed by atoms with Gasteiger partial charge in [0, 0.05) is 6.42 Å². The topological polar surface area (TPSA) is 66.8 Å². The van der Waals surface area contributed by atoms with Gasteiger partial charge in [-0.25, -0.2) is 0 Å². The van der Waals surface area contributed by atoms with E-state index in [0.29, 0.717) is 12.3 Å². The summed E-state index contributed by atoms with van der Waals surface area (Å²) in [6.45, 7) is 3.07. The molecule has 1 saturated carbocycles. The second kappa shape index (κ2) is 11.4. The fourth-order valence-electron chi connectivity index (χ4n) is 4.23. The largest absolute Gasteiger partial charge is 0.498 e. The number of aliphatic hydroxyl groups is 1. The maximum absolute atomic E-state index is 10.7. The SMILES string of the molecule is CCCCCCC1CCCC(COC2=CC=C(C(O)CC(=O)O)CC2)C1. The molecule has 0 aromatic heterocycles. The first-order valence-electron chi connectivity index (χ1n) is 10.5. The van der Waals surface area contributed by atoms with Crippen LogP contribution in [0, 0.1) is 11.8 Å². The number of carbonyl (C=O) groups is 1. The second-order valence-electron chi connectivity index (χ2n) is 8.05. The van der Waals surface area contributed by atoms with E-state index in [1.165, 1.54) is 57.8 Å². The maximum Gasteiger partial charge on any atom is 0.306 e. The average Bonchev–Trinajstić information content (AvgIpc) is 2.64. The van der Waals surface area contributed by atoms with Crippen LogP contribution >= 0.6 is 0 Å². The molecular formula is C22H36O4. The van der Waals surface area contributed by atoms with Gasteiger partial charge in [0.2, 0.25) is 0 Å². The highest BCUT2D eigenvalue weighted by Crippen LogP contribution is 2.33. The number of hydrogen-bond acceptors (Lipinski definition) is 3. The number of allylic oxidation sites excluding steroid dienone is 3. The lowest BCUT2D eigenvalue weighted by Gasteiger charge is -2.30. The lowest BCUT2D eigenvalue weighted by molar-refractivity contribution is -0.138. The van der Waals surface area contributed by atoms with E-state index >= 15 is 0 Å². The summed E-state index contributed by atoms with van der Waals surface area (Å²) >= 11 is 0. The van der Waals surface area contributed by atoms with Crippen LogP contribution in [0.4, 0.5) is 0 Å². The van der Waals surface area contributed by atoms with Crippen molar-refractivity contribution in [3.63, 3.8) is 0 Å². The molecule has 0 radical (unpaired) electrons. The summed E-state index contributed by atoms with van der Waals surface area (Å²) in [6.07, 6.45) is 16.2. The van der Waals surface area contributed by atoms with E-state index in [0.717, 1.165) is 30.3 Å². The molecule has 4 nitrogen and oxygen atoms in total. The molecular weight excluding hydrogens is 328 g/mol. The molecule has 0 bridgehead atoms. The van der Waals surface area contributed by atoms with Crippen LogP contribution < -0.4 is 0 Å². The average molecular weight is 365 g/mol. The van der Waals surface area contributed by atoms with E-state index in [9.17, 15) is 9.90 Å². The van der Waals surface area contributed by atoms with Crippen LogP contribution in [0.3, 0.4) is 0 Å². The molecule has 0 heterocycles. The Hall–Kier alpha value is -1.29.